The lowest BCUT2D eigenvalue weighted by molar-refractivity contribution is -0.141. The van der Waals surface area contributed by atoms with Gasteiger partial charge in [-0.15, -0.1) is 0 Å². The van der Waals surface area contributed by atoms with E-state index in [1.165, 1.54) is 5.56 Å². The Kier molecular flexibility index (Phi) is 4.67. The lowest BCUT2D eigenvalue weighted by atomic mass is 9.83. The molecule has 0 bridgehead atoms. The number of hydrogen-bond acceptors (Lipinski definition) is 4. The summed E-state index contributed by atoms with van der Waals surface area (Å²) in [5.41, 5.74) is 4.08. The number of aromatic amines is 1. The number of amides is 1. The number of nitrogens with zero attached hydrogens (tertiary/aromatic N) is 4. The third-order valence-corrected chi connectivity index (χ3v) is 6.10. The Bertz CT molecular complexity index is 972. The second-order valence-corrected chi connectivity index (χ2v) is 7.86. The number of likely N-dealkylation sites (tertiary alicyclic amines) is 1. The normalized spacial score (nSPS) is 18.0. The maximum absolute atomic E-state index is 12.6. The Morgan fingerprint density at radius 1 is 1.21 bits per heavy atom. The molecule has 1 N–H and O–H groups in total. The molecule has 7 heteroatoms. The predicted molar refractivity (Wildman–Crippen MR) is 108 cm³/mol. The van der Waals surface area contributed by atoms with Crippen LogP contribution in [0, 0.1) is 0 Å². The maximum Gasteiger partial charge on any atom is 0.222 e. The monoisotopic (exact) mass is 391 g/mol. The van der Waals surface area contributed by atoms with Crippen LogP contribution in [-0.4, -0.2) is 50.5 Å². The maximum atomic E-state index is 12.6. The molecule has 29 heavy (non-hydrogen) atoms. The van der Waals surface area contributed by atoms with Gasteiger partial charge in [0.15, 0.2) is 0 Å². The number of ether oxygens (including phenoxy) is 1. The summed E-state index contributed by atoms with van der Waals surface area (Å²) < 4.78 is 8.26. The minimum absolute atomic E-state index is 0.201. The molecule has 2 aliphatic rings. The van der Waals surface area contributed by atoms with Gasteiger partial charge in [-0.1, -0.05) is 18.2 Å². The van der Waals surface area contributed by atoms with Gasteiger partial charge >= 0.3 is 0 Å². The number of hydrogen-bond donors (Lipinski definition) is 1. The number of carbonyl (C=O) groups excluding carboxylic acids is 1. The Balaban J connectivity index is 1.29. The first-order valence-corrected chi connectivity index (χ1v) is 10.3. The van der Waals surface area contributed by atoms with Crippen molar-refractivity contribution in [2.24, 2.45) is 0 Å². The molecule has 0 saturated carbocycles. The number of fused-ring (bicyclic) bond motifs is 2. The molecule has 150 valence electrons. The lowest BCUT2D eigenvalue weighted by Gasteiger charge is -2.43. The molecule has 0 unspecified atom stereocenters. The number of benzene rings is 1. The van der Waals surface area contributed by atoms with Crippen LogP contribution in [0.15, 0.2) is 48.9 Å². The molecule has 0 aliphatic carbocycles. The van der Waals surface area contributed by atoms with Crippen LogP contribution in [0.3, 0.4) is 0 Å². The standard InChI is InChI=1S/C22H25N5O2/c28-20(7-6-17-14-23-24-15-17)26-11-9-22(10-12-26)21-18(8-13-29-22)16-27(25-21)19-4-2-1-3-5-19/h1-5,14-16H,6-13H2,(H,23,24). The van der Waals surface area contributed by atoms with Crippen LogP contribution < -0.4 is 0 Å². The summed E-state index contributed by atoms with van der Waals surface area (Å²) in [6, 6.07) is 10.2. The van der Waals surface area contributed by atoms with Crippen molar-refractivity contribution in [3.63, 3.8) is 0 Å². The van der Waals surface area contributed by atoms with Gasteiger partial charge in [0.25, 0.3) is 0 Å². The third-order valence-electron chi connectivity index (χ3n) is 6.10. The van der Waals surface area contributed by atoms with Gasteiger partial charge in [-0.25, -0.2) is 4.68 Å². The fourth-order valence-electron chi connectivity index (χ4n) is 4.44. The molecule has 2 aromatic heterocycles. The van der Waals surface area contributed by atoms with E-state index in [0.29, 0.717) is 26.1 Å². The van der Waals surface area contributed by atoms with Crippen molar-refractivity contribution < 1.29 is 9.53 Å². The Morgan fingerprint density at radius 3 is 2.79 bits per heavy atom. The van der Waals surface area contributed by atoms with E-state index in [-0.39, 0.29) is 11.5 Å². The molecule has 3 aromatic rings. The number of aromatic nitrogens is 4. The summed E-state index contributed by atoms with van der Waals surface area (Å²) in [6.45, 7) is 2.13. The summed E-state index contributed by atoms with van der Waals surface area (Å²) in [5, 5.41) is 11.6. The highest BCUT2D eigenvalue weighted by atomic mass is 16.5. The van der Waals surface area contributed by atoms with E-state index in [4.69, 9.17) is 9.84 Å². The third kappa shape index (κ3) is 3.46. The molecular formula is C22H25N5O2. The van der Waals surface area contributed by atoms with Crippen molar-refractivity contribution in [1.82, 2.24) is 24.9 Å². The number of carbonyl (C=O) groups is 1. The van der Waals surface area contributed by atoms with Gasteiger partial charge in [-0.3, -0.25) is 9.89 Å². The number of nitrogens with one attached hydrogen (secondary N) is 1. The molecule has 4 heterocycles. The first kappa shape index (κ1) is 18.1. The number of para-hydroxylation sites is 1. The molecule has 1 amide bonds. The zero-order valence-corrected chi connectivity index (χ0v) is 16.4. The van der Waals surface area contributed by atoms with Crippen LogP contribution in [-0.2, 0) is 28.0 Å². The van der Waals surface area contributed by atoms with Gasteiger partial charge in [0, 0.05) is 31.9 Å². The van der Waals surface area contributed by atoms with Crippen LogP contribution >= 0.6 is 0 Å². The smallest absolute Gasteiger partial charge is 0.222 e. The van der Waals surface area contributed by atoms with Gasteiger partial charge in [0.1, 0.15) is 5.60 Å². The highest BCUT2D eigenvalue weighted by Gasteiger charge is 2.44. The van der Waals surface area contributed by atoms with Crippen LogP contribution in [0.2, 0.25) is 0 Å². The van der Waals surface area contributed by atoms with Crippen molar-refractivity contribution in [3.05, 3.63) is 65.7 Å². The number of H-pyrrole nitrogens is 1. The number of aryl methyl sites for hydroxylation is 1. The van der Waals surface area contributed by atoms with Crippen LogP contribution in [0.1, 0.15) is 36.1 Å². The molecule has 1 fully saturated rings. The summed E-state index contributed by atoms with van der Waals surface area (Å²) in [5.74, 6) is 0.201. The van der Waals surface area contributed by atoms with Crippen molar-refractivity contribution >= 4 is 5.91 Å². The van der Waals surface area contributed by atoms with Crippen molar-refractivity contribution in [1.29, 1.82) is 0 Å². The van der Waals surface area contributed by atoms with Crippen molar-refractivity contribution in [2.75, 3.05) is 19.7 Å². The van der Waals surface area contributed by atoms with E-state index in [9.17, 15) is 4.79 Å². The Morgan fingerprint density at radius 2 is 2.03 bits per heavy atom. The lowest BCUT2D eigenvalue weighted by Crippen LogP contribution is -2.48. The van der Waals surface area contributed by atoms with Gasteiger partial charge in [0.2, 0.25) is 5.91 Å². The Hall–Kier alpha value is -2.93. The summed E-state index contributed by atoms with van der Waals surface area (Å²) in [6.07, 6.45) is 9.47. The van der Waals surface area contributed by atoms with Crippen molar-refractivity contribution in [3.8, 4) is 5.69 Å². The zero-order valence-electron chi connectivity index (χ0n) is 16.4. The van der Waals surface area contributed by atoms with Gasteiger partial charge in [0.05, 0.1) is 24.2 Å². The van der Waals surface area contributed by atoms with Gasteiger partial charge in [-0.05, 0) is 48.9 Å². The number of rotatable bonds is 4. The first-order valence-electron chi connectivity index (χ1n) is 10.3. The van der Waals surface area contributed by atoms with E-state index in [1.54, 1.807) is 6.20 Å². The molecule has 1 aromatic carbocycles. The fourth-order valence-corrected chi connectivity index (χ4v) is 4.44. The van der Waals surface area contributed by atoms with E-state index in [0.717, 1.165) is 42.6 Å². The van der Waals surface area contributed by atoms with Crippen LogP contribution in [0.4, 0.5) is 0 Å². The van der Waals surface area contributed by atoms with E-state index in [2.05, 4.69) is 28.5 Å². The Labute approximate surface area is 169 Å². The highest BCUT2D eigenvalue weighted by molar-refractivity contribution is 5.76. The van der Waals surface area contributed by atoms with Gasteiger partial charge < -0.3 is 9.64 Å². The minimum Gasteiger partial charge on any atom is -0.368 e. The largest absolute Gasteiger partial charge is 0.368 e. The molecule has 7 nitrogen and oxygen atoms in total. The van der Waals surface area contributed by atoms with E-state index >= 15 is 0 Å². The summed E-state index contributed by atoms with van der Waals surface area (Å²) in [7, 11) is 0. The fraction of sp³-hybridized carbons (Fsp3) is 0.409. The second kappa shape index (κ2) is 7.48. The summed E-state index contributed by atoms with van der Waals surface area (Å²) >= 11 is 0. The van der Waals surface area contributed by atoms with Crippen LogP contribution in [0.25, 0.3) is 5.69 Å². The van der Waals surface area contributed by atoms with E-state index < -0.39 is 0 Å². The molecule has 1 saturated heterocycles. The minimum atomic E-state index is -0.366. The van der Waals surface area contributed by atoms with Gasteiger partial charge in [-0.2, -0.15) is 10.2 Å². The second-order valence-electron chi connectivity index (χ2n) is 7.86. The summed E-state index contributed by atoms with van der Waals surface area (Å²) in [4.78, 5) is 14.6. The predicted octanol–water partition coefficient (Wildman–Crippen LogP) is 2.62. The molecule has 0 radical (unpaired) electrons. The van der Waals surface area contributed by atoms with E-state index in [1.807, 2.05) is 34.0 Å². The van der Waals surface area contributed by atoms with Crippen LogP contribution in [0.5, 0.6) is 0 Å². The average molecular weight is 391 g/mol. The topological polar surface area (TPSA) is 76.0 Å². The quantitative estimate of drug-likeness (QED) is 0.742. The highest BCUT2D eigenvalue weighted by Crippen LogP contribution is 2.41. The molecule has 1 spiro atoms. The molecule has 2 aliphatic heterocycles. The SMILES string of the molecule is O=C(CCc1cn[nH]c1)N1CCC2(CC1)OCCc1cn(-c3ccccc3)nc12. The molecule has 0 atom stereocenters. The van der Waals surface area contributed by atoms with Crippen molar-refractivity contribution in [2.45, 2.75) is 37.7 Å². The first-order chi connectivity index (χ1) is 14.2. The number of piperidine rings is 1. The zero-order chi connectivity index (χ0) is 19.7. The molecule has 5 rings (SSSR count). The molecular weight excluding hydrogens is 366 g/mol. The average Bonchev–Trinajstić information content (AvgIpc) is 3.44.